The molecule has 2 nitrogen and oxygen atoms in total. The van der Waals surface area contributed by atoms with E-state index in [9.17, 15) is 4.79 Å². The Morgan fingerprint density at radius 1 is 1.36 bits per heavy atom. The summed E-state index contributed by atoms with van der Waals surface area (Å²) in [5.41, 5.74) is 1.63. The molecule has 0 aromatic heterocycles. The predicted molar refractivity (Wildman–Crippen MR) is 61.2 cm³/mol. The molecule has 1 aromatic carbocycles. The van der Waals surface area contributed by atoms with Gasteiger partial charge in [0.05, 0.1) is 0 Å². The van der Waals surface area contributed by atoms with Gasteiger partial charge in [0, 0.05) is 17.4 Å². The number of nitrogens with one attached hydrogen (secondary N) is 1. The Kier molecular flexibility index (Phi) is 4.40. The maximum atomic E-state index is 11.3. The van der Waals surface area contributed by atoms with Gasteiger partial charge in [-0.15, -0.1) is 0 Å². The van der Waals surface area contributed by atoms with Crippen LogP contribution >= 0.6 is 15.9 Å². The zero-order chi connectivity index (χ0) is 10.4. The Morgan fingerprint density at radius 2 is 2.00 bits per heavy atom. The molecule has 0 aliphatic rings. The van der Waals surface area contributed by atoms with Crippen LogP contribution in [0.15, 0.2) is 42.5 Å². The first-order chi connectivity index (χ1) is 6.74. The Morgan fingerprint density at radius 3 is 2.57 bits per heavy atom. The Bertz CT molecular complexity index is 321. The molecular weight excluding hydrogens is 242 g/mol. The van der Waals surface area contributed by atoms with E-state index < -0.39 is 0 Å². The zero-order valence-corrected chi connectivity index (χ0v) is 9.38. The van der Waals surface area contributed by atoms with Crippen molar-refractivity contribution in [3.8, 4) is 0 Å². The average molecular weight is 254 g/mol. The van der Waals surface area contributed by atoms with E-state index in [0.29, 0.717) is 17.4 Å². The molecule has 1 N–H and O–H groups in total. The van der Waals surface area contributed by atoms with Crippen LogP contribution in [0.3, 0.4) is 0 Å². The van der Waals surface area contributed by atoms with Crippen LogP contribution in [0, 0.1) is 0 Å². The van der Waals surface area contributed by atoms with Crippen LogP contribution in [0.25, 0.3) is 0 Å². The van der Waals surface area contributed by atoms with Gasteiger partial charge in [0.2, 0.25) is 5.91 Å². The third-order valence-corrected chi connectivity index (χ3v) is 2.46. The Hall–Kier alpha value is -1.09. The average Bonchev–Trinajstić information content (AvgIpc) is 2.26. The molecule has 0 saturated heterocycles. The molecule has 1 amide bonds. The summed E-state index contributed by atoms with van der Waals surface area (Å²) in [6, 6.07) is 9.78. The van der Waals surface area contributed by atoms with Crippen LogP contribution in [-0.2, 0) is 11.3 Å². The molecule has 0 aliphatic heterocycles. The first kappa shape index (κ1) is 11.0. The maximum absolute atomic E-state index is 11.3. The van der Waals surface area contributed by atoms with Crippen molar-refractivity contribution in [2.24, 2.45) is 0 Å². The standard InChI is InChI=1S/C11H12BrNO/c1-9(7-12)11(14)13-8-10-5-3-2-4-6-10/h2-6H,1,7-8H2,(H,13,14). The summed E-state index contributed by atoms with van der Waals surface area (Å²) in [7, 11) is 0. The largest absolute Gasteiger partial charge is 0.348 e. The molecule has 3 heteroatoms. The van der Waals surface area contributed by atoms with E-state index in [2.05, 4.69) is 27.8 Å². The van der Waals surface area contributed by atoms with Gasteiger partial charge in [-0.3, -0.25) is 4.79 Å². The van der Waals surface area contributed by atoms with Gasteiger partial charge >= 0.3 is 0 Å². The van der Waals surface area contributed by atoms with Crippen molar-refractivity contribution in [1.29, 1.82) is 0 Å². The molecule has 1 aromatic rings. The number of benzene rings is 1. The minimum Gasteiger partial charge on any atom is -0.348 e. The van der Waals surface area contributed by atoms with Gasteiger partial charge in [-0.2, -0.15) is 0 Å². The van der Waals surface area contributed by atoms with Crippen LogP contribution < -0.4 is 5.32 Å². The lowest BCUT2D eigenvalue weighted by Crippen LogP contribution is -2.24. The maximum Gasteiger partial charge on any atom is 0.247 e. The van der Waals surface area contributed by atoms with E-state index in [1.165, 1.54) is 0 Å². The molecule has 0 unspecified atom stereocenters. The highest BCUT2D eigenvalue weighted by Gasteiger charge is 2.03. The molecule has 0 atom stereocenters. The third-order valence-electron chi connectivity index (χ3n) is 1.78. The molecule has 0 fully saturated rings. The van der Waals surface area contributed by atoms with Gasteiger partial charge in [0.15, 0.2) is 0 Å². The van der Waals surface area contributed by atoms with Crippen molar-refractivity contribution >= 4 is 21.8 Å². The summed E-state index contributed by atoms with van der Waals surface area (Å²) in [5, 5.41) is 3.29. The van der Waals surface area contributed by atoms with Crippen LogP contribution in [0.2, 0.25) is 0 Å². The summed E-state index contributed by atoms with van der Waals surface area (Å²) >= 11 is 3.18. The van der Waals surface area contributed by atoms with Crippen molar-refractivity contribution in [2.75, 3.05) is 5.33 Å². The summed E-state index contributed by atoms with van der Waals surface area (Å²) < 4.78 is 0. The van der Waals surface area contributed by atoms with E-state index in [1.54, 1.807) is 0 Å². The number of halogens is 1. The van der Waals surface area contributed by atoms with Gasteiger partial charge in [-0.25, -0.2) is 0 Å². The summed E-state index contributed by atoms with van der Waals surface area (Å²) in [6.45, 7) is 4.17. The highest BCUT2D eigenvalue weighted by atomic mass is 79.9. The van der Waals surface area contributed by atoms with Gasteiger partial charge in [0.25, 0.3) is 0 Å². The normalized spacial score (nSPS) is 9.50. The molecule has 1 rings (SSSR count). The number of amides is 1. The second kappa shape index (κ2) is 5.60. The van der Waals surface area contributed by atoms with Crippen LogP contribution in [-0.4, -0.2) is 11.2 Å². The number of carbonyl (C=O) groups is 1. The second-order valence-electron chi connectivity index (χ2n) is 2.91. The first-order valence-corrected chi connectivity index (χ1v) is 5.42. The highest BCUT2D eigenvalue weighted by Crippen LogP contribution is 1.99. The van der Waals surface area contributed by atoms with Crippen molar-refractivity contribution in [3.63, 3.8) is 0 Å². The topological polar surface area (TPSA) is 29.1 Å². The van der Waals surface area contributed by atoms with Crippen molar-refractivity contribution in [2.45, 2.75) is 6.54 Å². The van der Waals surface area contributed by atoms with Gasteiger partial charge < -0.3 is 5.32 Å². The predicted octanol–water partition coefficient (Wildman–Crippen LogP) is 2.25. The summed E-state index contributed by atoms with van der Waals surface area (Å²) in [5.74, 6) is -0.106. The quantitative estimate of drug-likeness (QED) is 0.648. The highest BCUT2D eigenvalue weighted by molar-refractivity contribution is 9.09. The number of rotatable bonds is 4. The van der Waals surface area contributed by atoms with E-state index in [-0.39, 0.29) is 5.91 Å². The summed E-state index contributed by atoms with van der Waals surface area (Å²) in [4.78, 5) is 11.3. The molecule has 0 radical (unpaired) electrons. The van der Waals surface area contributed by atoms with E-state index in [0.717, 1.165) is 5.56 Å². The van der Waals surface area contributed by atoms with E-state index in [1.807, 2.05) is 30.3 Å². The minimum atomic E-state index is -0.106. The molecule has 0 bridgehead atoms. The molecular formula is C11H12BrNO. The Labute approximate surface area is 92.1 Å². The van der Waals surface area contributed by atoms with E-state index in [4.69, 9.17) is 0 Å². The lowest BCUT2D eigenvalue weighted by atomic mass is 10.2. The van der Waals surface area contributed by atoms with Gasteiger partial charge in [0.1, 0.15) is 0 Å². The third kappa shape index (κ3) is 3.34. The molecule has 0 aliphatic carbocycles. The Balaban J connectivity index is 2.42. The number of carbonyl (C=O) groups excluding carboxylic acids is 1. The van der Waals surface area contributed by atoms with Crippen molar-refractivity contribution in [3.05, 3.63) is 48.0 Å². The monoisotopic (exact) mass is 253 g/mol. The van der Waals surface area contributed by atoms with Gasteiger partial charge in [-0.1, -0.05) is 52.8 Å². The van der Waals surface area contributed by atoms with Crippen LogP contribution in [0.5, 0.6) is 0 Å². The van der Waals surface area contributed by atoms with Crippen LogP contribution in [0.4, 0.5) is 0 Å². The zero-order valence-electron chi connectivity index (χ0n) is 7.79. The van der Waals surface area contributed by atoms with Gasteiger partial charge in [-0.05, 0) is 5.56 Å². The minimum absolute atomic E-state index is 0.106. The van der Waals surface area contributed by atoms with Crippen molar-refractivity contribution in [1.82, 2.24) is 5.32 Å². The van der Waals surface area contributed by atoms with Crippen molar-refractivity contribution < 1.29 is 4.79 Å². The molecule has 0 spiro atoms. The van der Waals surface area contributed by atoms with Crippen LogP contribution in [0.1, 0.15) is 5.56 Å². The molecule has 0 saturated carbocycles. The number of hydrogen-bond donors (Lipinski definition) is 1. The lowest BCUT2D eigenvalue weighted by Gasteiger charge is -2.05. The smallest absolute Gasteiger partial charge is 0.247 e. The van der Waals surface area contributed by atoms with E-state index >= 15 is 0 Å². The first-order valence-electron chi connectivity index (χ1n) is 4.30. The SMILES string of the molecule is C=C(CBr)C(=O)NCc1ccccc1. The number of hydrogen-bond acceptors (Lipinski definition) is 1. The molecule has 0 heterocycles. The molecule has 74 valence electrons. The fraction of sp³-hybridized carbons (Fsp3) is 0.182. The second-order valence-corrected chi connectivity index (χ2v) is 3.47. The fourth-order valence-corrected chi connectivity index (χ4v) is 1.22. The molecule has 14 heavy (non-hydrogen) atoms. The fourth-order valence-electron chi connectivity index (χ4n) is 0.964. The lowest BCUT2D eigenvalue weighted by molar-refractivity contribution is -0.117. The number of alkyl halides is 1. The summed E-state index contributed by atoms with van der Waals surface area (Å²) in [6.07, 6.45) is 0.